The molecule has 0 heterocycles. The van der Waals surface area contributed by atoms with Gasteiger partial charge in [0.15, 0.2) is 5.78 Å². The minimum Gasteiger partial charge on any atom is -0.490 e. The summed E-state index contributed by atoms with van der Waals surface area (Å²) < 4.78 is 11.3. The van der Waals surface area contributed by atoms with Gasteiger partial charge < -0.3 is 14.3 Å². The van der Waals surface area contributed by atoms with E-state index in [9.17, 15) is 9.59 Å². The molecule has 0 N–H and O–H groups in total. The molecule has 0 amide bonds. The quantitative estimate of drug-likeness (QED) is 0.334. The first kappa shape index (κ1) is 22.0. The van der Waals surface area contributed by atoms with Crippen molar-refractivity contribution in [3.8, 4) is 11.5 Å². The highest BCUT2D eigenvalue weighted by atomic mass is 32.1. The SMILES string of the molecule is CC(=O)CCc1ccc(OCCOc2ccc(C(=O)C(C)(C)CS)cc2)cc1. The summed E-state index contributed by atoms with van der Waals surface area (Å²) in [6, 6.07) is 14.9. The van der Waals surface area contributed by atoms with E-state index in [1.54, 1.807) is 31.2 Å². The zero-order valence-corrected chi connectivity index (χ0v) is 17.6. The van der Waals surface area contributed by atoms with Crippen molar-refractivity contribution in [3.63, 3.8) is 0 Å². The average molecular weight is 401 g/mol. The number of benzene rings is 2. The maximum absolute atomic E-state index is 12.4. The molecule has 0 radical (unpaired) electrons. The Hall–Kier alpha value is -2.27. The molecule has 4 nitrogen and oxygen atoms in total. The number of carbonyl (C=O) groups excluding carboxylic acids is 2. The van der Waals surface area contributed by atoms with Gasteiger partial charge in [0.05, 0.1) is 0 Å². The Labute approximate surface area is 172 Å². The lowest BCUT2D eigenvalue weighted by Gasteiger charge is -2.20. The summed E-state index contributed by atoms with van der Waals surface area (Å²) in [6.07, 6.45) is 1.31. The fourth-order valence-corrected chi connectivity index (χ4v) is 2.70. The predicted octanol–water partition coefficient (Wildman–Crippen LogP) is 4.80. The van der Waals surface area contributed by atoms with Gasteiger partial charge >= 0.3 is 0 Å². The van der Waals surface area contributed by atoms with Gasteiger partial charge in [-0.1, -0.05) is 26.0 Å². The third-order valence-electron chi connectivity index (χ3n) is 4.44. The number of hydrogen-bond acceptors (Lipinski definition) is 5. The van der Waals surface area contributed by atoms with E-state index in [2.05, 4.69) is 12.6 Å². The van der Waals surface area contributed by atoms with Gasteiger partial charge in [-0.3, -0.25) is 4.79 Å². The van der Waals surface area contributed by atoms with Crippen LogP contribution in [0, 0.1) is 5.41 Å². The van der Waals surface area contributed by atoms with Crippen LogP contribution in [0.15, 0.2) is 48.5 Å². The lowest BCUT2D eigenvalue weighted by atomic mass is 9.86. The van der Waals surface area contributed by atoms with E-state index in [0.717, 1.165) is 17.7 Å². The average Bonchev–Trinajstić information content (AvgIpc) is 2.70. The van der Waals surface area contributed by atoms with Gasteiger partial charge in [0, 0.05) is 23.2 Å². The van der Waals surface area contributed by atoms with Gasteiger partial charge in [-0.05, 0) is 55.3 Å². The normalized spacial score (nSPS) is 11.1. The van der Waals surface area contributed by atoms with E-state index in [4.69, 9.17) is 9.47 Å². The number of Topliss-reactive ketones (excluding diaryl/α,β-unsaturated/α-hetero) is 2. The molecule has 0 unspecified atom stereocenters. The first-order chi connectivity index (χ1) is 13.3. The topological polar surface area (TPSA) is 52.6 Å². The minimum atomic E-state index is -0.485. The highest BCUT2D eigenvalue weighted by molar-refractivity contribution is 7.80. The van der Waals surface area contributed by atoms with Crippen LogP contribution in [-0.4, -0.2) is 30.5 Å². The highest BCUT2D eigenvalue weighted by Crippen LogP contribution is 2.24. The van der Waals surface area contributed by atoms with Crippen molar-refractivity contribution in [2.75, 3.05) is 19.0 Å². The molecule has 2 rings (SSSR count). The zero-order valence-electron chi connectivity index (χ0n) is 16.7. The molecule has 0 spiro atoms. The second kappa shape index (κ2) is 10.3. The number of ketones is 2. The smallest absolute Gasteiger partial charge is 0.169 e. The van der Waals surface area contributed by atoms with E-state index < -0.39 is 5.41 Å². The molecule has 0 atom stereocenters. The van der Waals surface area contributed by atoms with Crippen LogP contribution in [-0.2, 0) is 11.2 Å². The predicted molar refractivity (Wildman–Crippen MR) is 115 cm³/mol. The van der Waals surface area contributed by atoms with Crippen LogP contribution < -0.4 is 9.47 Å². The maximum Gasteiger partial charge on any atom is 0.169 e. The summed E-state index contributed by atoms with van der Waals surface area (Å²) >= 11 is 4.25. The van der Waals surface area contributed by atoms with Gasteiger partial charge in [-0.15, -0.1) is 0 Å². The van der Waals surface area contributed by atoms with Crippen LogP contribution in [0.5, 0.6) is 11.5 Å². The van der Waals surface area contributed by atoms with Gasteiger partial charge in [-0.2, -0.15) is 12.6 Å². The Bertz CT molecular complexity index is 779. The van der Waals surface area contributed by atoms with E-state index >= 15 is 0 Å². The minimum absolute atomic E-state index is 0.0733. The standard InChI is InChI=1S/C23H28O4S/c1-17(24)4-5-18-6-10-20(11-7-18)26-14-15-27-21-12-8-19(9-13-21)22(25)23(2,3)16-28/h6-13,28H,4-5,14-16H2,1-3H3. The van der Waals surface area contributed by atoms with E-state index in [0.29, 0.717) is 36.7 Å². The molecule has 0 aliphatic heterocycles. The molecule has 0 bridgehead atoms. The Morgan fingerprint density at radius 3 is 1.86 bits per heavy atom. The van der Waals surface area contributed by atoms with Gasteiger partial charge in [0.25, 0.3) is 0 Å². The third-order valence-corrected chi connectivity index (χ3v) is 5.23. The van der Waals surface area contributed by atoms with Crippen molar-refractivity contribution in [1.82, 2.24) is 0 Å². The number of rotatable bonds is 11. The first-order valence-electron chi connectivity index (χ1n) is 9.41. The summed E-state index contributed by atoms with van der Waals surface area (Å²) in [7, 11) is 0. The molecule has 28 heavy (non-hydrogen) atoms. The van der Waals surface area contributed by atoms with Crippen molar-refractivity contribution >= 4 is 24.2 Å². The third kappa shape index (κ3) is 6.71. The Morgan fingerprint density at radius 1 is 0.893 bits per heavy atom. The molecule has 0 aliphatic rings. The molecule has 0 aromatic heterocycles. The first-order valence-corrected chi connectivity index (χ1v) is 10.0. The molecule has 0 aliphatic carbocycles. The van der Waals surface area contributed by atoms with Crippen LogP contribution in [0.3, 0.4) is 0 Å². The molecule has 0 saturated heterocycles. The van der Waals surface area contributed by atoms with Crippen molar-refractivity contribution in [2.45, 2.75) is 33.6 Å². The second-order valence-electron chi connectivity index (χ2n) is 7.44. The number of aryl methyl sites for hydroxylation is 1. The monoisotopic (exact) mass is 400 g/mol. The Balaban J connectivity index is 1.76. The van der Waals surface area contributed by atoms with Crippen molar-refractivity contribution in [3.05, 3.63) is 59.7 Å². The van der Waals surface area contributed by atoms with Crippen LogP contribution in [0.1, 0.15) is 43.1 Å². The molecule has 5 heteroatoms. The molecular weight excluding hydrogens is 372 g/mol. The molecule has 2 aromatic rings. The Morgan fingerprint density at radius 2 is 1.39 bits per heavy atom. The Kier molecular flexibility index (Phi) is 8.12. The largest absolute Gasteiger partial charge is 0.490 e. The van der Waals surface area contributed by atoms with Gasteiger partial charge in [0.1, 0.15) is 30.5 Å². The maximum atomic E-state index is 12.4. The van der Waals surface area contributed by atoms with Gasteiger partial charge in [0.2, 0.25) is 0 Å². The fraction of sp³-hybridized carbons (Fsp3) is 0.391. The summed E-state index contributed by atoms with van der Waals surface area (Å²) in [5.41, 5.74) is 1.29. The lowest BCUT2D eigenvalue weighted by molar-refractivity contribution is -0.116. The number of carbonyl (C=O) groups is 2. The summed E-state index contributed by atoms with van der Waals surface area (Å²) in [6.45, 7) is 6.20. The van der Waals surface area contributed by atoms with Crippen molar-refractivity contribution < 1.29 is 19.1 Å². The summed E-state index contributed by atoms with van der Waals surface area (Å²) in [5, 5.41) is 0. The molecular formula is C23H28O4S. The zero-order chi connectivity index (χ0) is 20.6. The van der Waals surface area contributed by atoms with Crippen molar-refractivity contribution in [1.29, 1.82) is 0 Å². The van der Waals surface area contributed by atoms with Crippen molar-refractivity contribution in [2.24, 2.45) is 5.41 Å². The fourth-order valence-electron chi connectivity index (χ4n) is 2.56. The lowest BCUT2D eigenvalue weighted by Crippen LogP contribution is -2.26. The van der Waals surface area contributed by atoms with Crippen LogP contribution >= 0.6 is 12.6 Å². The molecule has 0 fully saturated rings. The molecule has 150 valence electrons. The summed E-state index contributed by atoms with van der Waals surface area (Å²) in [5.74, 6) is 2.23. The molecule has 2 aromatic carbocycles. The van der Waals surface area contributed by atoms with E-state index in [1.807, 2.05) is 38.1 Å². The van der Waals surface area contributed by atoms with Crippen LogP contribution in [0.25, 0.3) is 0 Å². The van der Waals surface area contributed by atoms with E-state index in [1.165, 1.54) is 0 Å². The van der Waals surface area contributed by atoms with E-state index in [-0.39, 0.29) is 11.6 Å². The second-order valence-corrected chi connectivity index (χ2v) is 7.75. The number of ether oxygens (including phenoxy) is 2. The molecule has 0 saturated carbocycles. The number of hydrogen-bond donors (Lipinski definition) is 1. The number of thiol groups is 1. The summed E-state index contributed by atoms with van der Waals surface area (Å²) in [4.78, 5) is 23.4. The van der Waals surface area contributed by atoms with Crippen LogP contribution in [0.2, 0.25) is 0 Å². The van der Waals surface area contributed by atoms with Gasteiger partial charge in [-0.25, -0.2) is 0 Å². The highest BCUT2D eigenvalue weighted by Gasteiger charge is 2.26. The van der Waals surface area contributed by atoms with Crippen LogP contribution in [0.4, 0.5) is 0 Å².